The van der Waals surface area contributed by atoms with Gasteiger partial charge >= 0.3 is 12.2 Å². The zero-order valence-corrected chi connectivity index (χ0v) is 19.7. The van der Waals surface area contributed by atoms with Gasteiger partial charge in [-0.15, -0.1) is 4.39 Å². The second-order valence-electron chi connectivity index (χ2n) is 8.10. The first-order valence-corrected chi connectivity index (χ1v) is 10.9. The zero-order valence-electron chi connectivity index (χ0n) is 19.7. The van der Waals surface area contributed by atoms with Crippen molar-refractivity contribution in [1.29, 1.82) is 0 Å². The molecule has 0 bridgehead atoms. The van der Waals surface area contributed by atoms with E-state index in [0.29, 0.717) is 0 Å². The van der Waals surface area contributed by atoms with Gasteiger partial charge in [-0.1, -0.05) is 36.4 Å². The highest BCUT2D eigenvalue weighted by Gasteiger charge is 2.19. The number of carboxylic acid groups (broad SMARTS) is 1. The van der Waals surface area contributed by atoms with Crippen LogP contribution in [0.1, 0.15) is 38.4 Å². The summed E-state index contributed by atoms with van der Waals surface area (Å²) >= 11 is 0. The number of aliphatic hydroxyl groups is 2. The Kier molecular flexibility index (Phi) is 10.1. The maximum absolute atomic E-state index is 13.5. The standard InChI is InChI=1S/C24H26FNO4.C2H3FO2/c1-15(2)26-21-6-4-3-5-20(21)24(16-7-9-17(25)10-8-16)22(26)12-11-18(27)13-19(28)14-23(29)30;1-5-2(3)4/h3-12,15,18-19,27-28H,13-14H2,1-2H3,(H,29,30);1H3/b12-11+;. The molecule has 7 nitrogen and oxygen atoms in total. The zero-order chi connectivity index (χ0) is 26.1. The fourth-order valence-corrected chi connectivity index (χ4v) is 3.77. The summed E-state index contributed by atoms with van der Waals surface area (Å²) in [4.78, 5) is 19.6. The maximum Gasteiger partial charge on any atom is 0.495 e. The van der Waals surface area contributed by atoms with E-state index in [1.165, 1.54) is 12.1 Å². The van der Waals surface area contributed by atoms with Crippen molar-refractivity contribution in [2.45, 2.75) is 44.9 Å². The van der Waals surface area contributed by atoms with Crippen LogP contribution < -0.4 is 0 Å². The minimum absolute atomic E-state index is 0.0728. The Hall–Kier alpha value is -3.56. The summed E-state index contributed by atoms with van der Waals surface area (Å²) in [6.45, 7) is 4.12. The smallest absolute Gasteiger partial charge is 0.481 e. The van der Waals surface area contributed by atoms with Crippen molar-refractivity contribution in [3.8, 4) is 11.1 Å². The van der Waals surface area contributed by atoms with Gasteiger partial charge in [0.2, 0.25) is 0 Å². The Balaban J connectivity index is 0.000000784. The number of nitrogens with zero attached hydrogens (tertiary/aromatic N) is 1. The lowest BCUT2D eigenvalue weighted by molar-refractivity contribution is -0.139. The van der Waals surface area contributed by atoms with Gasteiger partial charge in [0.05, 0.1) is 25.7 Å². The first-order chi connectivity index (χ1) is 16.5. The fraction of sp³-hybridized carbons (Fsp3) is 0.308. The molecule has 0 aliphatic heterocycles. The summed E-state index contributed by atoms with van der Waals surface area (Å²) < 4.78 is 29.7. The molecule has 0 spiro atoms. The molecule has 35 heavy (non-hydrogen) atoms. The van der Waals surface area contributed by atoms with Gasteiger partial charge < -0.3 is 24.6 Å². The van der Waals surface area contributed by atoms with E-state index in [0.717, 1.165) is 34.8 Å². The average Bonchev–Trinajstić information content (AvgIpc) is 3.12. The molecule has 0 fully saturated rings. The number of aliphatic hydroxyl groups excluding tert-OH is 2. The second kappa shape index (κ2) is 12.8. The van der Waals surface area contributed by atoms with Crippen LogP contribution in [0.2, 0.25) is 0 Å². The number of hydrogen-bond acceptors (Lipinski definition) is 5. The first-order valence-electron chi connectivity index (χ1n) is 10.9. The summed E-state index contributed by atoms with van der Waals surface area (Å²) in [5.74, 6) is -1.43. The highest BCUT2D eigenvalue weighted by molar-refractivity contribution is 6.01. The lowest BCUT2D eigenvalue weighted by atomic mass is 10.0. The average molecular weight is 490 g/mol. The lowest BCUT2D eigenvalue weighted by Crippen LogP contribution is -2.19. The summed E-state index contributed by atoms with van der Waals surface area (Å²) in [5.41, 5.74) is 3.65. The number of carbonyl (C=O) groups is 2. The van der Waals surface area contributed by atoms with E-state index in [9.17, 15) is 23.8 Å². The minimum Gasteiger partial charge on any atom is -0.481 e. The molecule has 0 saturated heterocycles. The molecule has 9 heteroatoms. The number of aliphatic carboxylic acids is 1. The van der Waals surface area contributed by atoms with E-state index in [-0.39, 0.29) is 18.3 Å². The lowest BCUT2D eigenvalue weighted by Gasteiger charge is -2.15. The maximum atomic E-state index is 13.5. The highest BCUT2D eigenvalue weighted by Crippen LogP contribution is 2.38. The molecule has 1 aromatic heterocycles. The number of halogens is 2. The van der Waals surface area contributed by atoms with Gasteiger partial charge in [-0.25, -0.2) is 9.18 Å². The minimum atomic E-state index is -1.75. The molecule has 3 aromatic rings. The van der Waals surface area contributed by atoms with Crippen molar-refractivity contribution in [1.82, 2.24) is 4.57 Å². The number of rotatable bonds is 8. The van der Waals surface area contributed by atoms with E-state index >= 15 is 0 Å². The summed E-state index contributed by atoms with van der Waals surface area (Å²) in [6, 6.07) is 14.4. The van der Waals surface area contributed by atoms with Crippen LogP contribution >= 0.6 is 0 Å². The number of ether oxygens (including phenoxy) is 1. The van der Waals surface area contributed by atoms with Crippen LogP contribution in [0.15, 0.2) is 54.6 Å². The van der Waals surface area contributed by atoms with E-state index < -0.39 is 30.8 Å². The molecule has 2 atom stereocenters. The molecule has 0 radical (unpaired) electrons. The quantitative estimate of drug-likeness (QED) is 0.368. The van der Waals surface area contributed by atoms with Crippen molar-refractivity contribution in [2.75, 3.05) is 7.11 Å². The van der Waals surface area contributed by atoms with E-state index in [2.05, 4.69) is 23.2 Å². The molecule has 0 amide bonds. The van der Waals surface area contributed by atoms with Crippen molar-refractivity contribution >= 4 is 29.2 Å². The molecule has 3 N–H and O–H groups in total. The third kappa shape index (κ3) is 7.73. The molecule has 0 aliphatic carbocycles. The van der Waals surface area contributed by atoms with Crippen molar-refractivity contribution < 1.29 is 38.4 Å². The van der Waals surface area contributed by atoms with Crippen LogP contribution in [-0.4, -0.2) is 51.4 Å². The molecule has 1 heterocycles. The number of carboxylic acids is 1. The number of benzene rings is 2. The summed E-state index contributed by atoms with van der Waals surface area (Å²) in [6.07, 6.45) is -1.02. The summed E-state index contributed by atoms with van der Waals surface area (Å²) in [7, 11) is 0.975. The molecule has 0 aliphatic rings. The Labute approximate surface area is 201 Å². The molecule has 0 saturated carbocycles. The molecular formula is C26H29F2NO6. The van der Waals surface area contributed by atoms with Crippen molar-refractivity contribution in [3.63, 3.8) is 0 Å². The predicted octanol–water partition coefficient (Wildman–Crippen LogP) is 5.35. The Morgan fingerprint density at radius 1 is 1.09 bits per heavy atom. The monoisotopic (exact) mass is 489 g/mol. The summed E-state index contributed by atoms with van der Waals surface area (Å²) in [5, 5.41) is 29.9. The number of fused-ring (bicyclic) bond motifs is 1. The van der Waals surface area contributed by atoms with Gasteiger partial charge in [0, 0.05) is 34.6 Å². The third-order valence-electron chi connectivity index (χ3n) is 5.16. The van der Waals surface area contributed by atoms with Gasteiger partial charge in [0.1, 0.15) is 5.82 Å². The molecule has 2 aromatic carbocycles. The largest absolute Gasteiger partial charge is 0.495 e. The topological polar surface area (TPSA) is 109 Å². The van der Waals surface area contributed by atoms with E-state index in [1.807, 2.05) is 24.3 Å². The van der Waals surface area contributed by atoms with Crippen molar-refractivity contribution in [3.05, 3.63) is 66.1 Å². The van der Waals surface area contributed by atoms with Crippen LogP contribution in [-0.2, 0) is 9.53 Å². The van der Waals surface area contributed by atoms with Crippen molar-refractivity contribution in [2.24, 2.45) is 0 Å². The first kappa shape index (κ1) is 27.7. The van der Waals surface area contributed by atoms with E-state index in [1.54, 1.807) is 24.3 Å². The van der Waals surface area contributed by atoms with Gasteiger partial charge in [0.15, 0.2) is 0 Å². The number of methoxy groups -OCH3 is 1. The molecule has 188 valence electrons. The second-order valence-corrected chi connectivity index (χ2v) is 8.10. The SMILES string of the molecule is CC(C)n1c(/C=C/C(O)CC(O)CC(=O)O)c(-c2ccc(F)cc2)c2ccccc21.COC(=O)F. The van der Waals surface area contributed by atoms with Gasteiger partial charge in [-0.05, 0) is 43.7 Å². The molecule has 3 rings (SSSR count). The Morgan fingerprint density at radius 3 is 2.23 bits per heavy atom. The predicted molar refractivity (Wildman–Crippen MR) is 129 cm³/mol. The fourth-order valence-electron chi connectivity index (χ4n) is 3.77. The number of hydrogen-bond donors (Lipinski definition) is 3. The normalized spacial score (nSPS) is 12.9. The third-order valence-corrected chi connectivity index (χ3v) is 5.16. The van der Waals surface area contributed by atoms with Crippen LogP contribution in [0, 0.1) is 5.82 Å². The van der Waals surface area contributed by atoms with Gasteiger partial charge in [0.25, 0.3) is 0 Å². The number of carbonyl (C=O) groups excluding carboxylic acids is 1. The highest BCUT2D eigenvalue weighted by atomic mass is 19.1. The Bertz CT molecular complexity index is 1170. The van der Waals surface area contributed by atoms with E-state index in [4.69, 9.17) is 9.90 Å². The van der Waals surface area contributed by atoms with Gasteiger partial charge in [-0.2, -0.15) is 0 Å². The number of aromatic nitrogens is 1. The van der Waals surface area contributed by atoms with Crippen LogP contribution in [0.3, 0.4) is 0 Å². The van der Waals surface area contributed by atoms with Gasteiger partial charge in [-0.3, -0.25) is 4.79 Å². The molecular weight excluding hydrogens is 460 g/mol. The number of para-hydroxylation sites is 1. The van der Waals surface area contributed by atoms with Crippen LogP contribution in [0.4, 0.5) is 13.6 Å². The van der Waals surface area contributed by atoms with Crippen LogP contribution in [0.5, 0.6) is 0 Å². The Morgan fingerprint density at radius 2 is 1.69 bits per heavy atom. The molecule has 2 unspecified atom stereocenters. The van der Waals surface area contributed by atoms with Crippen LogP contribution in [0.25, 0.3) is 28.1 Å².